The van der Waals surface area contributed by atoms with Crippen LogP contribution >= 0.6 is 11.6 Å². The highest BCUT2D eigenvalue weighted by Gasteiger charge is 2.38. The van der Waals surface area contributed by atoms with Crippen LogP contribution in [0.15, 0.2) is 30.3 Å². The summed E-state index contributed by atoms with van der Waals surface area (Å²) in [6.07, 6.45) is -0.0578. The molecule has 1 heterocycles. The number of rotatable bonds is 5. The molecule has 0 bridgehead atoms. The molecule has 2 rings (SSSR count). The molecule has 0 saturated heterocycles. The Balaban J connectivity index is 2.52. The van der Waals surface area contributed by atoms with Crippen LogP contribution in [0.3, 0.4) is 0 Å². The van der Waals surface area contributed by atoms with Crippen molar-refractivity contribution in [1.82, 2.24) is 9.78 Å². The summed E-state index contributed by atoms with van der Waals surface area (Å²) in [7, 11) is 1.86. The number of aryl methyl sites for hydroxylation is 2. The van der Waals surface area contributed by atoms with Crippen molar-refractivity contribution in [3.05, 3.63) is 52.3 Å². The molecule has 0 aliphatic rings. The maximum atomic E-state index is 10.4. The second kappa shape index (κ2) is 6.18. The van der Waals surface area contributed by atoms with Gasteiger partial charge in [-0.05, 0) is 19.4 Å². The first kappa shape index (κ1) is 16.0. The predicted molar refractivity (Wildman–Crippen MR) is 85.5 cm³/mol. The average Bonchev–Trinajstić information content (AvgIpc) is 2.71. The van der Waals surface area contributed by atoms with Gasteiger partial charge in [0.2, 0.25) is 0 Å². The van der Waals surface area contributed by atoms with Crippen LogP contribution in [-0.4, -0.2) is 27.5 Å². The van der Waals surface area contributed by atoms with E-state index in [-0.39, 0.29) is 0 Å². The molecule has 1 aromatic carbocycles. The molecule has 2 unspecified atom stereocenters. The zero-order valence-corrected chi connectivity index (χ0v) is 13.4. The summed E-state index contributed by atoms with van der Waals surface area (Å²) in [5.41, 5.74) is 8.18. The van der Waals surface area contributed by atoms with Crippen LogP contribution in [0.25, 0.3) is 0 Å². The third kappa shape index (κ3) is 2.84. The van der Waals surface area contributed by atoms with Crippen LogP contribution in [-0.2, 0) is 18.9 Å². The maximum absolute atomic E-state index is 10.4. The fraction of sp³-hybridized carbons (Fsp3) is 0.438. The van der Waals surface area contributed by atoms with Crippen molar-refractivity contribution in [2.45, 2.75) is 31.8 Å². The largest absolute Gasteiger partial charge is 0.392 e. The zero-order chi connectivity index (χ0) is 15.6. The van der Waals surface area contributed by atoms with Gasteiger partial charge in [0.15, 0.2) is 0 Å². The van der Waals surface area contributed by atoms with Gasteiger partial charge in [-0.3, -0.25) is 4.68 Å². The van der Waals surface area contributed by atoms with Gasteiger partial charge in [-0.1, -0.05) is 41.9 Å². The standard InChI is InChI=1S/C16H22ClN3O/c1-11-15(17)14(20(3)19-11)9-16(10-18,12(2)21)13-7-5-4-6-8-13/h4-8,12,21H,9-10,18H2,1-3H3. The van der Waals surface area contributed by atoms with Gasteiger partial charge in [-0.2, -0.15) is 5.10 Å². The Kier molecular flexibility index (Phi) is 4.71. The monoisotopic (exact) mass is 307 g/mol. The minimum Gasteiger partial charge on any atom is -0.392 e. The Morgan fingerprint density at radius 1 is 1.38 bits per heavy atom. The van der Waals surface area contributed by atoms with Crippen molar-refractivity contribution in [3.8, 4) is 0 Å². The maximum Gasteiger partial charge on any atom is 0.0847 e. The first-order chi connectivity index (χ1) is 9.92. The van der Waals surface area contributed by atoms with E-state index in [4.69, 9.17) is 17.3 Å². The molecule has 5 heteroatoms. The molecule has 3 N–H and O–H groups in total. The summed E-state index contributed by atoms with van der Waals surface area (Å²) in [5.74, 6) is 0. The molecule has 4 nitrogen and oxygen atoms in total. The summed E-state index contributed by atoms with van der Waals surface area (Å²) >= 11 is 6.36. The summed E-state index contributed by atoms with van der Waals surface area (Å²) in [6.45, 7) is 3.98. The molecular weight excluding hydrogens is 286 g/mol. The van der Waals surface area contributed by atoms with E-state index in [2.05, 4.69) is 5.10 Å². The van der Waals surface area contributed by atoms with E-state index >= 15 is 0 Å². The van der Waals surface area contributed by atoms with E-state index in [1.807, 2.05) is 44.3 Å². The van der Waals surface area contributed by atoms with Crippen molar-refractivity contribution in [2.24, 2.45) is 12.8 Å². The Morgan fingerprint density at radius 3 is 2.43 bits per heavy atom. The van der Waals surface area contributed by atoms with E-state index in [9.17, 15) is 5.11 Å². The normalized spacial score (nSPS) is 15.7. The number of nitrogens with zero attached hydrogens (tertiary/aromatic N) is 2. The van der Waals surface area contributed by atoms with E-state index in [0.717, 1.165) is 17.0 Å². The first-order valence-corrected chi connectivity index (χ1v) is 7.42. The van der Waals surface area contributed by atoms with Crippen molar-refractivity contribution in [2.75, 3.05) is 6.54 Å². The minimum atomic E-state index is -0.601. The second-order valence-electron chi connectivity index (χ2n) is 5.55. The van der Waals surface area contributed by atoms with Gasteiger partial charge in [0.05, 0.1) is 22.5 Å². The molecule has 2 atom stereocenters. The minimum absolute atomic E-state index is 0.329. The number of benzene rings is 1. The summed E-state index contributed by atoms with van der Waals surface area (Å²) in [5, 5.41) is 15.4. The Hall–Kier alpha value is -1.36. The number of aliphatic hydroxyl groups is 1. The molecular formula is C16H22ClN3O. The van der Waals surface area contributed by atoms with E-state index in [1.165, 1.54) is 0 Å². The van der Waals surface area contributed by atoms with Crippen LogP contribution < -0.4 is 5.73 Å². The zero-order valence-electron chi connectivity index (χ0n) is 12.7. The molecule has 114 valence electrons. The van der Waals surface area contributed by atoms with Crippen LogP contribution in [0.2, 0.25) is 5.02 Å². The lowest BCUT2D eigenvalue weighted by Crippen LogP contribution is -2.46. The lowest BCUT2D eigenvalue weighted by atomic mass is 9.72. The number of hydrogen-bond acceptors (Lipinski definition) is 3. The molecule has 1 aromatic heterocycles. The van der Waals surface area contributed by atoms with Gasteiger partial charge in [0, 0.05) is 25.4 Å². The van der Waals surface area contributed by atoms with Crippen LogP contribution in [0.4, 0.5) is 0 Å². The average molecular weight is 308 g/mol. The van der Waals surface area contributed by atoms with Crippen LogP contribution in [0.5, 0.6) is 0 Å². The van der Waals surface area contributed by atoms with Crippen molar-refractivity contribution >= 4 is 11.6 Å². The molecule has 21 heavy (non-hydrogen) atoms. The highest BCUT2D eigenvalue weighted by Crippen LogP contribution is 2.34. The van der Waals surface area contributed by atoms with E-state index in [1.54, 1.807) is 11.6 Å². The summed E-state index contributed by atoms with van der Waals surface area (Å²) < 4.78 is 1.77. The molecule has 0 fully saturated rings. The lowest BCUT2D eigenvalue weighted by molar-refractivity contribution is 0.0989. The number of halogens is 1. The number of hydrogen-bond donors (Lipinski definition) is 2. The molecule has 0 amide bonds. The van der Waals surface area contributed by atoms with Crippen LogP contribution in [0.1, 0.15) is 23.9 Å². The van der Waals surface area contributed by atoms with Gasteiger partial charge < -0.3 is 10.8 Å². The highest BCUT2D eigenvalue weighted by atomic mass is 35.5. The predicted octanol–water partition coefficient (Wildman–Crippen LogP) is 2.20. The molecule has 0 spiro atoms. The first-order valence-electron chi connectivity index (χ1n) is 7.04. The molecule has 0 radical (unpaired) electrons. The van der Waals surface area contributed by atoms with Gasteiger partial charge >= 0.3 is 0 Å². The lowest BCUT2D eigenvalue weighted by Gasteiger charge is -2.36. The smallest absolute Gasteiger partial charge is 0.0847 e. The molecule has 0 saturated carbocycles. The van der Waals surface area contributed by atoms with Crippen molar-refractivity contribution in [3.63, 3.8) is 0 Å². The fourth-order valence-corrected chi connectivity index (χ4v) is 3.02. The highest BCUT2D eigenvalue weighted by molar-refractivity contribution is 6.31. The fourth-order valence-electron chi connectivity index (χ4n) is 2.79. The molecule has 0 aliphatic heterocycles. The van der Waals surface area contributed by atoms with Crippen molar-refractivity contribution < 1.29 is 5.11 Å². The van der Waals surface area contributed by atoms with Gasteiger partial charge in [0.1, 0.15) is 0 Å². The van der Waals surface area contributed by atoms with Gasteiger partial charge in [-0.15, -0.1) is 0 Å². The van der Waals surface area contributed by atoms with Crippen molar-refractivity contribution in [1.29, 1.82) is 0 Å². The Labute approximate surface area is 130 Å². The number of aromatic nitrogens is 2. The van der Waals surface area contributed by atoms with Gasteiger partial charge in [-0.25, -0.2) is 0 Å². The second-order valence-corrected chi connectivity index (χ2v) is 5.93. The Bertz CT molecular complexity index is 609. The van der Waals surface area contributed by atoms with Gasteiger partial charge in [0.25, 0.3) is 0 Å². The van der Waals surface area contributed by atoms with E-state index in [0.29, 0.717) is 18.0 Å². The Morgan fingerprint density at radius 2 is 2.00 bits per heavy atom. The third-order valence-electron chi connectivity index (χ3n) is 4.26. The topological polar surface area (TPSA) is 64.1 Å². The third-order valence-corrected chi connectivity index (χ3v) is 4.75. The quantitative estimate of drug-likeness (QED) is 0.890. The number of nitrogens with two attached hydrogens (primary N) is 1. The molecule has 2 aromatic rings. The summed E-state index contributed by atoms with van der Waals surface area (Å²) in [4.78, 5) is 0. The molecule has 0 aliphatic carbocycles. The van der Waals surface area contributed by atoms with Crippen LogP contribution in [0, 0.1) is 6.92 Å². The number of aliphatic hydroxyl groups excluding tert-OH is 1. The van der Waals surface area contributed by atoms with E-state index < -0.39 is 11.5 Å². The summed E-state index contributed by atoms with van der Waals surface area (Å²) in [6, 6.07) is 9.86. The SMILES string of the molecule is Cc1nn(C)c(CC(CN)(c2ccccc2)C(C)O)c1Cl.